The van der Waals surface area contributed by atoms with E-state index in [4.69, 9.17) is 0 Å². The Labute approximate surface area is 291 Å². The molecule has 8 aromatic rings. The maximum atomic E-state index is 3.77. The van der Waals surface area contributed by atoms with Crippen molar-refractivity contribution in [3.05, 3.63) is 205 Å². The summed E-state index contributed by atoms with van der Waals surface area (Å²) in [6.07, 6.45) is 4.62. The van der Waals surface area contributed by atoms with Gasteiger partial charge in [0.05, 0.1) is 6.04 Å². The largest absolute Gasteiger partial charge is 0.374 e. The highest BCUT2D eigenvalue weighted by Crippen LogP contribution is 2.41. The number of fused-ring (bicyclic) bond motifs is 3. The van der Waals surface area contributed by atoms with E-state index in [9.17, 15) is 0 Å². The molecule has 49 heavy (non-hydrogen) atoms. The van der Waals surface area contributed by atoms with E-state index < -0.39 is 0 Å². The second-order valence-electron chi connectivity index (χ2n) is 12.6. The summed E-state index contributed by atoms with van der Waals surface area (Å²) in [5, 5.41) is 6.43. The molecular weight excluding hydrogens is 611 g/mol. The molecule has 0 radical (unpaired) electrons. The zero-order chi connectivity index (χ0) is 32.6. The highest BCUT2D eigenvalue weighted by molar-refractivity contribution is 7.26. The number of hydrogen-bond acceptors (Lipinski definition) is 2. The van der Waals surface area contributed by atoms with Crippen molar-refractivity contribution in [1.82, 2.24) is 5.32 Å². The van der Waals surface area contributed by atoms with Crippen LogP contribution in [0.4, 0.5) is 0 Å². The number of thiophene rings is 1. The van der Waals surface area contributed by atoms with Crippen LogP contribution in [0.5, 0.6) is 0 Å². The third-order valence-electron chi connectivity index (χ3n) is 9.53. The highest BCUT2D eigenvalue weighted by atomic mass is 32.1. The summed E-state index contributed by atoms with van der Waals surface area (Å²) in [7, 11) is 0. The van der Waals surface area contributed by atoms with Gasteiger partial charge in [0.1, 0.15) is 0 Å². The normalized spacial score (nSPS) is 14.3. The molecule has 1 aromatic heterocycles. The van der Waals surface area contributed by atoms with E-state index >= 15 is 0 Å². The molecular formula is C47H33NS. The van der Waals surface area contributed by atoms with Crippen LogP contribution in [0.2, 0.25) is 0 Å². The van der Waals surface area contributed by atoms with Gasteiger partial charge in [-0.05, 0) is 86.0 Å². The zero-order valence-corrected chi connectivity index (χ0v) is 27.7. The Morgan fingerprint density at radius 2 is 1.00 bits per heavy atom. The Kier molecular flexibility index (Phi) is 7.49. The van der Waals surface area contributed by atoms with Crippen LogP contribution in [0, 0.1) is 0 Å². The molecule has 1 unspecified atom stereocenters. The number of allylic oxidation sites excluding steroid dienone is 2. The van der Waals surface area contributed by atoms with Gasteiger partial charge in [-0.3, -0.25) is 0 Å². The van der Waals surface area contributed by atoms with Crippen LogP contribution in [0.3, 0.4) is 0 Å². The van der Waals surface area contributed by atoms with Gasteiger partial charge in [-0.25, -0.2) is 0 Å². The fourth-order valence-corrected chi connectivity index (χ4v) is 8.25. The molecule has 1 nitrogen and oxygen atoms in total. The third-order valence-corrected chi connectivity index (χ3v) is 10.7. The molecule has 2 heterocycles. The van der Waals surface area contributed by atoms with Gasteiger partial charge in [-0.1, -0.05) is 158 Å². The summed E-state index contributed by atoms with van der Waals surface area (Å²) in [6.45, 7) is 0. The Morgan fingerprint density at radius 3 is 1.76 bits per heavy atom. The molecule has 9 rings (SSSR count). The lowest BCUT2D eigenvalue weighted by Gasteiger charge is -2.26. The Hall–Kier alpha value is -5.96. The molecule has 0 saturated heterocycles. The van der Waals surface area contributed by atoms with E-state index in [2.05, 4.69) is 193 Å². The molecule has 1 atom stereocenters. The van der Waals surface area contributed by atoms with Gasteiger partial charge in [0.2, 0.25) is 0 Å². The molecule has 1 aliphatic heterocycles. The highest BCUT2D eigenvalue weighted by Gasteiger charge is 2.18. The first-order chi connectivity index (χ1) is 24.3. The van der Waals surface area contributed by atoms with Crippen LogP contribution in [0.15, 0.2) is 188 Å². The lowest BCUT2D eigenvalue weighted by Crippen LogP contribution is -2.21. The number of dihydropyridines is 1. The van der Waals surface area contributed by atoms with E-state index in [1.807, 2.05) is 11.3 Å². The third kappa shape index (κ3) is 5.67. The van der Waals surface area contributed by atoms with Crippen LogP contribution < -0.4 is 5.32 Å². The minimum atomic E-state index is 0.0842. The quantitative estimate of drug-likeness (QED) is 0.190. The lowest BCUT2D eigenvalue weighted by atomic mass is 9.91. The molecule has 2 heteroatoms. The lowest BCUT2D eigenvalue weighted by molar-refractivity contribution is 0.767. The minimum Gasteiger partial charge on any atom is -0.374 e. The summed E-state index contributed by atoms with van der Waals surface area (Å²) < 4.78 is 2.68. The van der Waals surface area contributed by atoms with Crippen LogP contribution >= 0.6 is 11.3 Å². The topological polar surface area (TPSA) is 12.0 Å². The summed E-state index contributed by atoms with van der Waals surface area (Å²) in [4.78, 5) is 0. The molecule has 1 aliphatic rings. The van der Waals surface area contributed by atoms with Crippen molar-refractivity contribution in [2.45, 2.75) is 6.04 Å². The van der Waals surface area contributed by atoms with Gasteiger partial charge in [-0.2, -0.15) is 0 Å². The van der Waals surface area contributed by atoms with E-state index in [1.165, 1.54) is 75.8 Å². The fraction of sp³-hybridized carbons (Fsp3) is 0.0213. The van der Waals surface area contributed by atoms with Gasteiger partial charge in [0, 0.05) is 25.9 Å². The van der Waals surface area contributed by atoms with E-state index in [-0.39, 0.29) is 6.04 Å². The predicted octanol–water partition coefficient (Wildman–Crippen LogP) is 12.8. The fourth-order valence-electron chi connectivity index (χ4n) is 7.01. The van der Waals surface area contributed by atoms with Crippen molar-refractivity contribution < 1.29 is 0 Å². The zero-order valence-electron chi connectivity index (χ0n) is 26.9. The second-order valence-corrected chi connectivity index (χ2v) is 13.7. The second kappa shape index (κ2) is 12.6. The number of hydrogen-bond donors (Lipinski definition) is 1. The maximum absolute atomic E-state index is 3.77. The Morgan fingerprint density at radius 1 is 0.429 bits per heavy atom. The molecule has 0 bridgehead atoms. The standard InChI is InChI=1S/C47H33NS/c1-3-12-34(13-4-1)44-30-40(31-45(48-44)35-14-5-2-6-15-35)38-18-9-16-36(28-38)32-24-26-33(27-25-32)37-17-10-19-39(29-37)41-21-11-22-43-42-20-7-8-23-46(42)49-47(41)43/h1-31,44,48H. The summed E-state index contributed by atoms with van der Waals surface area (Å²) >= 11 is 1.88. The first-order valence-corrected chi connectivity index (χ1v) is 17.6. The van der Waals surface area contributed by atoms with Gasteiger partial charge >= 0.3 is 0 Å². The molecule has 0 saturated carbocycles. The van der Waals surface area contributed by atoms with Crippen molar-refractivity contribution in [2.75, 3.05) is 0 Å². The summed E-state index contributed by atoms with van der Waals surface area (Å²) in [6, 6.07) is 63.7. The monoisotopic (exact) mass is 643 g/mol. The molecule has 0 amide bonds. The predicted molar refractivity (Wildman–Crippen MR) is 210 cm³/mol. The molecule has 7 aromatic carbocycles. The van der Waals surface area contributed by atoms with E-state index in [0.717, 1.165) is 5.70 Å². The first kappa shape index (κ1) is 29.2. The average Bonchev–Trinajstić information content (AvgIpc) is 3.58. The van der Waals surface area contributed by atoms with Crippen molar-refractivity contribution in [3.63, 3.8) is 0 Å². The van der Waals surface area contributed by atoms with E-state index in [0.29, 0.717) is 0 Å². The van der Waals surface area contributed by atoms with Crippen LogP contribution in [-0.2, 0) is 0 Å². The van der Waals surface area contributed by atoms with Gasteiger partial charge in [0.15, 0.2) is 0 Å². The Balaban J connectivity index is 1.03. The Bertz CT molecular complexity index is 2500. The van der Waals surface area contributed by atoms with Gasteiger partial charge in [-0.15, -0.1) is 11.3 Å². The SMILES string of the molecule is C1=C(c2cccc(-c3ccc(-c4cccc(-c5cccc6c5sc5ccccc56)c4)cc3)c2)C=C(c2ccccc2)NC1c1ccccc1. The van der Waals surface area contributed by atoms with Crippen molar-refractivity contribution >= 4 is 42.8 Å². The van der Waals surface area contributed by atoms with Crippen LogP contribution in [-0.4, -0.2) is 0 Å². The molecule has 0 aliphatic carbocycles. The maximum Gasteiger partial charge on any atom is 0.0707 e. The van der Waals surface area contributed by atoms with Gasteiger partial charge < -0.3 is 5.32 Å². The number of benzene rings is 7. The van der Waals surface area contributed by atoms with Crippen molar-refractivity contribution in [1.29, 1.82) is 0 Å². The van der Waals surface area contributed by atoms with Gasteiger partial charge in [0.25, 0.3) is 0 Å². The van der Waals surface area contributed by atoms with Crippen molar-refractivity contribution in [2.24, 2.45) is 0 Å². The van der Waals surface area contributed by atoms with Crippen LogP contribution in [0.25, 0.3) is 64.8 Å². The molecule has 232 valence electrons. The number of rotatable bonds is 6. The number of nitrogens with one attached hydrogen (secondary N) is 1. The molecule has 0 fully saturated rings. The van der Waals surface area contributed by atoms with E-state index in [1.54, 1.807) is 0 Å². The minimum absolute atomic E-state index is 0.0842. The van der Waals surface area contributed by atoms with Crippen LogP contribution in [0.1, 0.15) is 22.7 Å². The first-order valence-electron chi connectivity index (χ1n) is 16.8. The molecule has 1 N–H and O–H groups in total. The molecule has 0 spiro atoms. The van der Waals surface area contributed by atoms with Crippen molar-refractivity contribution in [3.8, 4) is 33.4 Å². The average molecular weight is 644 g/mol. The summed E-state index contributed by atoms with van der Waals surface area (Å²) in [5.41, 5.74) is 13.4. The summed E-state index contributed by atoms with van der Waals surface area (Å²) in [5.74, 6) is 0. The smallest absolute Gasteiger partial charge is 0.0707 e.